The molecule has 7 rings (SSSR count). The van der Waals surface area contributed by atoms with E-state index in [2.05, 4.69) is 43.4 Å². The van der Waals surface area contributed by atoms with Crippen molar-refractivity contribution < 1.29 is 18.8 Å². The first kappa shape index (κ1) is 29.7. The number of likely N-dealkylation sites (N-methyl/N-ethyl adjacent to an activating group) is 1. The number of amides is 3. The summed E-state index contributed by atoms with van der Waals surface area (Å²) < 4.78 is 14.8. The quantitative estimate of drug-likeness (QED) is 0.430. The van der Waals surface area contributed by atoms with Gasteiger partial charge in [0, 0.05) is 67.3 Å². The van der Waals surface area contributed by atoms with Gasteiger partial charge in [-0.05, 0) is 59.6 Å². The lowest BCUT2D eigenvalue weighted by atomic mass is 9.93. The fourth-order valence-electron chi connectivity index (χ4n) is 6.89. The van der Waals surface area contributed by atoms with Crippen molar-refractivity contribution in [3.8, 4) is 11.1 Å². The third-order valence-electron chi connectivity index (χ3n) is 9.42. The largest absolute Gasteiger partial charge is 0.369 e. The van der Waals surface area contributed by atoms with Crippen molar-refractivity contribution in [2.24, 2.45) is 10.7 Å². The van der Waals surface area contributed by atoms with Crippen LogP contribution in [0.25, 0.3) is 16.7 Å². The molecule has 3 aromatic rings. The standard InChI is InChI=1S/C34H35FN8O3/c1-41-8-10-42(11-9-41)25-3-5-27-23(12-25)17-37-33(27)40-34(46)30-16-24(35)19-43(30)31(44)15-22-14-29(32(36)45)28-13-20(2-4-26(22)28)21-6-7-38-39-18-21/h2-7,12-14,18,22,24,30H,8-11,15-17,19H2,1H3,(H2,36,45)(H,37,40,46). The van der Waals surface area contributed by atoms with Crippen LogP contribution < -0.4 is 16.0 Å². The number of halogens is 1. The number of aliphatic imine (C=N–C) groups is 1. The summed E-state index contributed by atoms with van der Waals surface area (Å²) in [7, 11) is 2.12. The number of piperazine rings is 1. The topological polar surface area (TPSA) is 137 Å². The predicted molar refractivity (Wildman–Crippen MR) is 172 cm³/mol. The first-order valence-corrected chi connectivity index (χ1v) is 15.5. The van der Waals surface area contributed by atoms with Gasteiger partial charge in [0.25, 0.3) is 0 Å². The van der Waals surface area contributed by atoms with Gasteiger partial charge in [-0.1, -0.05) is 18.2 Å². The first-order chi connectivity index (χ1) is 22.2. The van der Waals surface area contributed by atoms with E-state index in [1.165, 1.54) is 4.90 Å². The van der Waals surface area contributed by atoms with Crippen LogP contribution in [-0.2, 0) is 20.9 Å². The van der Waals surface area contributed by atoms with E-state index >= 15 is 0 Å². The molecule has 236 valence electrons. The van der Waals surface area contributed by atoms with Crippen molar-refractivity contribution in [1.82, 2.24) is 25.3 Å². The molecule has 0 radical (unpaired) electrons. The smallest absolute Gasteiger partial charge is 0.249 e. The molecule has 1 aliphatic carbocycles. The molecule has 3 unspecified atom stereocenters. The number of nitrogens with one attached hydrogen (secondary N) is 1. The molecule has 2 saturated heterocycles. The number of rotatable bonds is 6. The van der Waals surface area contributed by atoms with Gasteiger partial charge in [0.1, 0.15) is 18.0 Å². The molecule has 2 fully saturated rings. The number of carbonyl (C=O) groups excluding carboxylic acids is 3. The average molecular weight is 623 g/mol. The molecule has 0 bridgehead atoms. The Bertz CT molecular complexity index is 1770. The van der Waals surface area contributed by atoms with Gasteiger partial charge in [-0.25, -0.2) is 4.39 Å². The van der Waals surface area contributed by atoms with Crippen LogP contribution in [0.5, 0.6) is 0 Å². The number of fused-ring (bicyclic) bond motifs is 2. The maximum absolute atomic E-state index is 14.8. The lowest BCUT2D eigenvalue weighted by Crippen LogP contribution is -2.47. The predicted octanol–water partition coefficient (Wildman–Crippen LogP) is 2.27. The molecule has 0 saturated carbocycles. The van der Waals surface area contributed by atoms with Crippen LogP contribution in [0.15, 0.2) is 65.9 Å². The molecule has 1 aromatic heterocycles. The molecule has 4 aliphatic rings. The Kier molecular flexibility index (Phi) is 7.81. The van der Waals surface area contributed by atoms with Crippen molar-refractivity contribution in [2.75, 3.05) is 44.7 Å². The van der Waals surface area contributed by atoms with E-state index in [0.717, 1.165) is 59.7 Å². The Morgan fingerprint density at radius 3 is 2.59 bits per heavy atom. The zero-order valence-electron chi connectivity index (χ0n) is 25.5. The Morgan fingerprint density at radius 2 is 1.83 bits per heavy atom. The SMILES string of the molecule is CN1CCN(c2ccc3c(c2)CN=C3NC(=O)C2CC(F)CN2C(=O)CC2C=C(C(N)=O)c3cc(-c4ccnnc4)ccc32)CC1. The van der Waals surface area contributed by atoms with Gasteiger partial charge in [-0.2, -0.15) is 10.2 Å². The van der Waals surface area contributed by atoms with E-state index in [4.69, 9.17) is 5.73 Å². The molecule has 3 atom stereocenters. The summed E-state index contributed by atoms with van der Waals surface area (Å²) in [4.78, 5) is 50.1. The van der Waals surface area contributed by atoms with Gasteiger partial charge >= 0.3 is 0 Å². The van der Waals surface area contributed by atoms with E-state index in [-0.39, 0.29) is 25.3 Å². The van der Waals surface area contributed by atoms with Crippen molar-refractivity contribution in [1.29, 1.82) is 0 Å². The fourth-order valence-corrected chi connectivity index (χ4v) is 6.89. The Balaban J connectivity index is 1.05. The van der Waals surface area contributed by atoms with Crippen LogP contribution >= 0.6 is 0 Å². The number of likely N-dealkylation sites (tertiary alicyclic amines) is 1. The summed E-state index contributed by atoms with van der Waals surface area (Å²) in [5.41, 5.74) is 12.1. The third-order valence-corrected chi connectivity index (χ3v) is 9.42. The molecule has 11 nitrogen and oxygen atoms in total. The van der Waals surface area contributed by atoms with E-state index in [0.29, 0.717) is 23.5 Å². The molecule has 3 amide bonds. The van der Waals surface area contributed by atoms with E-state index in [9.17, 15) is 18.8 Å². The Morgan fingerprint density at radius 1 is 1.00 bits per heavy atom. The molecule has 12 heteroatoms. The molecule has 46 heavy (non-hydrogen) atoms. The van der Waals surface area contributed by atoms with Crippen molar-refractivity contribution in [2.45, 2.75) is 37.5 Å². The second kappa shape index (κ2) is 12.1. The average Bonchev–Trinajstić information content (AvgIpc) is 3.76. The number of carbonyl (C=O) groups is 3. The van der Waals surface area contributed by atoms with Crippen molar-refractivity contribution in [3.05, 3.63) is 83.2 Å². The van der Waals surface area contributed by atoms with E-state index in [1.54, 1.807) is 18.5 Å². The number of nitrogens with zero attached hydrogens (tertiary/aromatic N) is 6. The van der Waals surface area contributed by atoms with E-state index < -0.39 is 29.9 Å². The molecular formula is C34H35FN8O3. The maximum Gasteiger partial charge on any atom is 0.249 e. The van der Waals surface area contributed by atoms with Gasteiger partial charge in [0.15, 0.2) is 0 Å². The molecule has 2 aromatic carbocycles. The number of amidine groups is 1. The highest BCUT2D eigenvalue weighted by Crippen LogP contribution is 2.40. The lowest BCUT2D eigenvalue weighted by molar-refractivity contribution is -0.138. The second-order valence-corrected chi connectivity index (χ2v) is 12.4. The number of benzene rings is 2. The fraction of sp³-hybridized carbons (Fsp3) is 0.353. The summed E-state index contributed by atoms with van der Waals surface area (Å²) >= 11 is 0. The summed E-state index contributed by atoms with van der Waals surface area (Å²) in [6.45, 7) is 4.18. The number of nitrogens with two attached hydrogens (primary N) is 1. The second-order valence-electron chi connectivity index (χ2n) is 12.4. The first-order valence-electron chi connectivity index (χ1n) is 15.5. The van der Waals surface area contributed by atoms with Crippen LogP contribution in [-0.4, -0.2) is 95.5 Å². The Hall–Kier alpha value is -4.97. The minimum absolute atomic E-state index is 0.0325. The monoisotopic (exact) mass is 622 g/mol. The van der Waals surface area contributed by atoms with Gasteiger partial charge in [-0.3, -0.25) is 19.4 Å². The van der Waals surface area contributed by atoms with Gasteiger partial charge in [0.2, 0.25) is 17.7 Å². The number of aromatic nitrogens is 2. The minimum atomic E-state index is -1.33. The zero-order chi connectivity index (χ0) is 31.9. The van der Waals surface area contributed by atoms with Crippen molar-refractivity contribution >= 4 is 34.8 Å². The number of alkyl halides is 1. The van der Waals surface area contributed by atoms with E-state index in [1.807, 2.05) is 36.4 Å². The number of primary amides is 1. The molecule has 3 aliphatic heterocycles. The van der Waals surface area contributed by atoms with Crippen LogP contribution in [0, 0.1) is 0 Å². The van der Waals surface area contributed by atoms with Gasteiger partial charge < -0.3 is 25.8 Å². The number of hydrogen-bond donors (Lipinski definition) is 2. The molecule has 0 spiro atoms. The summed E-state index contributed by atoms with van der Waals surface area (Å²) in [5, 5.41) is 10.6. The van der Waals surface area contributed by atoms with Gasteiger partial charge in [0.05, 0.1) is 25.5 Å². The van der Waals surface area contributed by atoms with Crippen LogP contribution in [0.3, 0.4) is 0 Å². The van der Waals surface area contributed by atoms with Crippen LogP contribution in [0.4, 0.5) is 10.1 Å². The third kappa shape index (κ3) is 5.64. The normalized spacial score (nSPS) is 22.3. The summed E-state index contributed by atoms with van der Waals surface area (Å²) in [6.07, 6.45) is 3.45. The Labute approximate surface area is 266 Å². The van der Waals surface area contributed by atoms with Gasteiger partial charge in [-0.15, -0.1) is 0 Å². The maximum atomic E-state index is 14.8. The van der Waals surface area contributed by atoms with Crippen LogP contribution in [0.2, 0.25) is 0 Å². The molecule has 4 heterocycles. The highest BCUT2D eigenvalue weighted by atomic mass is 19.1. The molecule has 3 N–H and O–H groups in total. The molecular weight excluding hydrogens is 587 g/mol. The van der Waals surface area contributed by atoms with Crippen LogP contribution in [0.1, 0.15) is 41.0 Å². The number of hydrogen-bond acceptors (Lipinski definition) is 8. The number of anilines is 1. The minimum Gasteiger partial charge on any atom is -0.369 e. The number of allylic oxidation sites excluding steroid dienone is 1. The lowest BCUT2D eigenvalue weighted by Gasteiger charge is -2.34. The highest BCUT2D eigenvalue weighted by Gasteiger charge is 2.41. The summed E-state index contributed by atoms with van der Waals surface area (Å²) in [5.74, 6) is -1.43. The summed E-state index contributed by atoms with van der Waals surface area (Å²) in [6, 6.07) is 12.6. The zero-order valence-corrected chi connectivity index (χ0v) is 25.5. The highest BCUT2D eigenvalue weighted by molar-refractivity contribution is 6.21. The van der Waals surface area contributed by atoms with Crippen molar-refractivity contribution in [3.63, 3.8) is 0 Å².